The molecule has 0 radical (unpaired) electrons. The first kappa shape index (κ1) is 12.2. The third-order valence-corrected chi connectivity index (χ3v) is 3.25. The number of halogens is 3. The van der Waals surface area contributed by atoms with E-state index in [2.05, 4.69) is 25.9 Å². The Kier molecular flexibility index (Phi) is 2.98. The van der Waals surface area contributed by atoms with E-state index in [1.165, 1.54) is 0 Å². The zero-order valence-electron chi connectivity index (χ0n) is 9.57. The van der Waals surface area contributed by atoms with Gasteiger partial charge in [-0.2, -0.15) is 0 Å². The van der Waals surface area contributed by atoms with Gasteiger partial charge in [-0.1, -0.05) is 28.1 Å². The zero-order valence-corrected chi connectivity index (χ0v) is 11.2. The van der Waals surface area contributed by atoms with Gasteiger partial charge in [-0.3, -0.25) is 4.98 Å². The highest BCUT2D eigenvalue weighted by atomic mass is 79.9. The predicted octanol–water partition coefficient (Wildman–Crippen LogP) is 4.34. The number of rotatable bonds is 1. The molecule has 0 fully saturated rings. The van der Waals surface area contributed by atoms with Gasteiger partial charge in [0.25, 0.3) is 0 Å². The average Bonchev–Trinajstić information content (AvgIpc) is 2.40. The van der Waals surface area contributed by atoms with Gasteiger partial charge in [0.05, 0.1) is 22.9 Å². The molecule has 0 saturated carbocycles. The average molecular weight is 321 g/mol. The van der Waals surface area contributed by atoms with Crippen molar-refractivity contribution >= 4 is 27.0 Å². The summed E-state index contributed by atoms with van der Waals surface area (Å²) in [6.07, 6.45) is 1.54. The van der Waals surface area contributed by atoms with Crippen molar-refractivity contribution in [2.24, 2.45) is 0 Å². The van der Waals surface area contributed by atoms with Crippen LogP contribution < -0.4 is 0 Å². The van der Waals surface area contributed by atoms with Crippen LogP contribution in [-0.4, -0.2) is 9.97 Å². The van der Waals surface area contributed by atoms with Crippen LogP contribution in [0, 0.1) is 11.6 Å². The van der Waals surface area contributed by atoms with Crippen molar-refractivity contribution in [3.05, 3.63) is 58.7 Å². The molecule has 0 unspecified atom stereocenters. The van der Waals surface area contributed by atoms with E-state index in [-0.39, 0.29) is 0 Å². The molecule has 0 aliphatic rings. The van der Waals surface area contributed by atoms with Crippen LogP contribution >= 0.6 is 15.9 Å². The van der Waals surface area contributed by atoms with Crippen molar-refractivity contribution in [1.82, 2.24) is 9.97 Å². The van der Waals surface area contributed by atoms with Gasteiger partial charge in [-0.25, -0.2) is 13.8 Å². The first-order chi connectivity index (χ1) is 9.13. The summed E-state index contributed by atoms with van der Waals surface area (Å²) in [4.78, 5) is 8.39. The predicted molar refractivity (Wildman–Crippen MR) is 72.6 cm³/mol. The van der Waals surface area contributed by atoms with Crippen LogP contribution in [0.5, 0.6) is 0 Å². The number of hydrogen-bond acceptors (Lipinski definition) is 2. The van der Waals surface area contributed by atoms with Gasteiger partial charge in [0.1, 0.15) is 0 Å². The summed E-state index contributed by atoms with van der Waals surface area (Å²) in [6, 6.07) is 9.61. The minimum absolute atomic E-state index is 0.333. The van der Waals surface area contributed by atoms with Crippen LogP contribution in [-0.2, 0) is 0 Å². The van der Waals surface area contributed by atoms with E-state index < -0.39 is 11.6 Å². The van der Waals surface area contributed by atoms with Crippen molar-refractivity contribution in [3.63, 3.8) is 0 Å². The van der Waals surface area contributed by atoms with Gasteiger partial charge in [0.15, 0.2) is 11.6 Å². The second-order valence-corrected chi connectivity index (χ2v) is 4.93. The molecule has 0 spiro atoms. The first-order valence-electron chi connectivity index (χ1n) is 5.51. The number of aromatic nitrogens is 2. The van der Waals surface area contributed by atoms with E-state index in [1.807, 2.05) is 24.3 Å². The van der Waals surface area contributed by atoms with E-state index in [0.717, 1.165) is 22.2 Å². The molecule has 2 aromatic carbocycles. The molecule has 0 aliphatic carbocycles. The van der Waals surface area contributed by atoms with E-state index in [1.54, 1.807) is 6.20 Å². The lowest BCUT2D eigenvalue weighted by Crippen LogP contribution is -1.92. The normalized spacial score (nSPS) is 10.9. The van der Waals surface area contributed by atoms with Crippen LogP contribution in [0.3, 0.4) is 0 Å². The van der Waals surface area contributed by atoms with Gasteiger partial charge in [0.2, 0.25) is 0 Å². The topological polar surface area (TPSA) is 25.8 Å². The Labute approximate surface area is 116 Å². The van der Waals surface area contributed by atoms with E-state index in [9.17, 15) is 8.78 Å². The van der Waals surface area contributed by atoms with Gasteiger partial charge in [0, 0.05) is 22.2 Å². The quantitative estimate of drug-likeness (QED) is 0.666. The summed E-state index contributed by atoms with van der Waals surface area (Å²) in [5, 5.41) is 0. The summed E-state index contributed by atoms with van der Waals surface area (Å²) in [6.45, 7) is 0. The van der Waals surface area contributed by atoms with Crippen molar-refractivity contribution < 1.29 is 8.78 Å². The maximum Gasteiger partial charge on any atom is 0.161 e. The summed E-state index contributed by atoms with van der Waals surface area (Å²) < 4.78 is 27.2. The van der Waals surface area contributed by atoms with Crippen LogP contribution in [0.4, 0.5) is 8.78 Å². The lowest BCUT2D eigenvalue weighted by Gasteiger charge is -2.03. The Morgan fingerprint density at radius 3 is 2.21 bits per heavy atom. The highest BCUT2D eigenvalue weighted by Crippen LogP contribution is 2.22. The fourth-order valence-electron chi connectivity index (χ4n) is 1.77. The first-order valence-corrected chi connectivity index (χ1v) is 6.30. The Morgan fingerprint density at radius 1 is 0.895 bits per heavy atom. The molecule has 1 aromatic heterocycles. The molecule has 94 valence electrons. The minimum Gasteiger partial charge on any atom is -0.252 e. The molecular formula is C14H7BrF2N2. The molecule has 3 aromatic rings. The van der Waals surface area contributed by atoms with Crippen molar-refractivity contribution in [1.29, 1.82) is 0 Å². The minimum atomic E-state index is -0.922. The number of benzene rings is 2. The summed E-state index contributed by atoms with van der Waals surface area (Å²) in [5.74, 6) is -1.84. The molecule has 5 heteroatoms. The van der Waals surface area contributed by atoms with Crippen LogP contribution in [0.25, 0.3) is 22.3 Å². The molecule has 0 bridgehead atoms. The molecular weight excluding hydrogens is 314 g/mol. The molecule has 1 heterocycles. The molecule has 0 N–H and O–H groups in total. The molecule has 0 amide bonds. The third-order valence-electron chi connectivity index (χ3n) is 2.72. The van der Waals surface area contributed by atoms with Gasteiger partial charge in [-0.05, 0) is 12.1 Å². The number of nitrogens with zero attached hydrogens (tertiary/aromatic N) is 2. The number of hydrogen-bond donors (Lipinski definition) is 0. The maximum atomic E-state index is 13.2. The summed E-state index contributed by atoms with van der Waals surface area (Å²) in [5.41, 5.74) is 2.15. The van der Waals surface area contributed by atoms with Crippen molar-refractivity contribution in [2.45, 2.75) is 0 Å². The number of fused-ring (bicyclic) bond motifs is 1. The summed E-state index contributed by atoms with van der Waals surface area (Å²) >= 11 is 3.35. The smallest absolute Gasteiger partial charge is 0.161 e. The van der Waals surface area contributed by atoms with Gasteiger partial charge < -0.3 is 0 Å². The molecule has 3 rings (SSSR count). The summed E-state index contributed by atoms with van der Waals surface area (Å²) in [7, 11) is 0. The van der Waals surface area contributed by atoms with E-state index >= 15 is 0 Å². The van der Waals surface area contributed by atoms with Crippen LogP contribution in [0.1, 0.15) is 0 Å². The molecule has 0 atom stereocenters. The highest BCUT2D eigenvalue weighted by molar-refractivity contribution is 9.10. The molecule has 0 aliphatic heterocycles. The second-order valence-electron chi connectivity index (χ2n) is 4.02. The molecule has 2 nitrogen and oxygen atoms in total. The Hall–Kier alpha value is -1.88. The SMILES string of the molecule is Fc1cc2ncc(-c3ccc(Br)cc3)nc2cc1F. The molecule has 19 heavy (non-hydrogen) atoms. The fourth-order valence-corrected chi connectivity index (χ4v) is 2.03. The third kappa shape index (κ3) is 2.33. The highest BCUT2D eigenvalue weighted by Gasteiger charge is 2.08. The standard InChI is InChI=1S/C14H7BrF2N2/c15-9-3-1-8(2-4-9)14-7-18-12-5-10(16)11(17)6-13(12)19-14/h1-7H. The Balaban J connectivity index is 2.16. The Bertz CT molecular complexity index is 757. The lowest BCUT2D eigenvalue weighted by molar-refractivity contribution is 0.510. The van der Waals surface area contributed by atoms with Crippen molar-refractivity contribution in [2.75, 3.05) is 0 Å². The molecule has 0 saturated heterocycles. The fraction of sp³-hybridized carbons (Fsp3) is 0. The largest absolute Gasteiger partial charge is 0.252 e. The van der Waals surface area contributed by atoms with Crippen LogP contribution in [0.2, 0.25) is 0 Å². The van der Waals surface area contributed by atoms with Gasteiger partial charge >= 0.3 is 0 Å². The second kappa shape index (κ2) is 4.66. The monoisotopic (exact) mass is 320 g/mol. The lowest BCUT2D eigenvalue weighted by atomic mass is 10.1. The zero-order chi connectivity index (χ0) is 13.4. The van der Waals surface area contributed by atoms with Crippen molar-refractivity contribution in [3.8, 4) is 11.3 Å². The Morgan fingerprint density at radius 2 is 1.53 bits per heavy atom. The van der Waals surface area contributed by atoms with E-state index in [4.69, 9.17) is 0 Å². The maximum absolute atomic E-state index is 13.2. The van der Waals surface area contributed by atoms with Crippen LogP contribution in [0.15, 0.2) is 47.1 Å². The van der Waals surface area contributed by atoms with E-state index in [0.29, 0.717) is 16.7 Å². The van der Waals surface area contributed by atoms with Gasteiger partial charge in [-0.15, -0.1) is 0 Å².